The Morgan fingerprint density at radius 3 is 2.70 bits per heavy atom. The summed E-state index contributed by atoms with van der Waals surface area (Å²) >= 11 is 0. The molecule has 1 amide bonds. The molecular weight excluding hydrogens is 294 g/mol. The average molecular weight is 311 g/mol. The number of carbonyl (C=O) groups excluding carboxylic acids is 1. The highest BCUT2D eigenvalue weighted by atomic mass is 16.1. The van der Waals surface area contributed by atoms with Crippen molar-refractivity contribution in [2.45, 2.75) is 20.3 Å². The lowest BCUT2D eigenvalue weighted by molar-refractivity contribution is -0.117. The van der Waals surface area contributed by atoms with Crippen molar-refractivity contribution in [2.75, 3.05) is 0 Å². The zero-order valence-corrected chi connectivity index (χ0v) is 13.2. The zero-order valence-electron chi connectivity index (χ0n) is 13.2. The highest BCUT2D eigenvalue weighted by molar-refractivity contribution is 5.76. The van der Waals surface area contributed by atoms with E-state index in [-0.39, 0.29) is 6.42 Å². The maximum absolute atomic E-state index is 11.2. The van der Waals surface area contributed by atoms with E-state index in [9.17, 15) is 4.79 Å². The molecule has 0 unspecified atom stereocenters. The van der Waals surface area contributed by atoms with Crippen molar-refractivity contribution in [3.63, 3.8) is 0 Å². The molecule has 3 aromatic heterocycles. The Bertz CT molecular complexity index is 878. The first-order chi connectivity index (χ1) is 10.9. The van der Waals surface area contributed by atoms with Crippen LogP contribution >= 0.6 is 0 Å². The van der Waals surface area contributed by atoms with Crippen LogP contribution in [-0.4, -0.2) is 35.4 Å². The van der Waals surface area contributed by atoms with Crippen molar-refractivity contribution in [2.24, 2.45) is 12.8 Å². The minimum Gasteiger partial charge on any atom is -0.369 e. The highest BCUT2D eigenvalue weighted by Gasteiger charge is 2.17. The SMILES string of the molecule is Cc1cc(C)c(-c2nc(CC(N)=O)nn2-c2cnn(C)c2)cn1. The second-order valence-corrected chi connectivity index (χ2v) is 5.42. The molecule has 8 nitrogen and oxygen atoms in total. The third-order valence-electron chi connectivity index (χ3n) is 3.41. The lowest BCUT2D eigenvalue weighted by Gasteiger charge is -2.06. The van der Waals surface area contributed by atoms with E-state index in [1.54, 1.807) is 21.8 Å². The van der Waals surface area contributed by atoms with Crippen LogP contribution in [0.5, 0.6) is 0 Å². The van der Waals surface area contributed by atoms with Crippen LogP contribution in [-0.2, 0) is 18.3 Å². The van der Waals surface area contributed by atoms with Crippen LogP contribution in [0.25, 0.3) is 17.1 Å². The van der Waals surface area contributed by atoms with Gasteiger partial charge in [0.05, 0.1) is 18.8 Å². The van der Waals surface area contributed by atoms with Crippen LogP contribution in [0.15, 0.2) is 24.7 Å². The lowest BCUT2D eigenvalue weighted by atomic mass is 10.1. The van der Waals surface area contributed by atoms with Crippen LogP contribution in [0.1, 0.15) is 17.1 Å². The first kappa shape index (κ1) is 14.9. The Labute approximate surface area is 133 Å². The van der Waals surface area contributed by atoms with Gasteiger partial charge in [0.25, 0.3) is 0 Å². The Kier molecular flexibility index (Phi) is 3.65. The van der Waals surface area contributed by atoms with Gasteiger partial charge >= 0.3 is 0 Å². The predicted molar refractivity (Wildman–Crippen MR) is 83.7 cm³/mol. The van der Waals surface area contributed by atoms with Crippen molar-refractivity contribution in [1.82, 2.24) is 29.5 Å². The van der Waals surface area contributed by atoms with Crippen molar-refractivity contribution in [3.8, 4) is 17.1 Å². The Morgan fingerprint density at radius 2 is 2.09 bits per heavy atom. The predicted octanol–water partition coefficient (Wildman–Crippen LogP) is 0.707. The van der Waals surface area contributed by atoms with Crippen LogP contribution < -0.4 is 5.73 Å². The number of carbonyl (C=O) groups is 1. The number of pyridine rings is 1. The van der Waals surface area contributed by atoms with Gasteiger partial charge < -0.3 is 5.73 Å². The van der Waals surface area contributed by atoms with E-state index in [0.29, 0.717) is 11.6 Å². The molecule has 0 saturated heterocycles. The third-order valence-corrected chi connectivity index (χ3v) is 3.41. The van der Waals surface area contributed by atoms with Crippen LogP contribution in [0, 0.1) is 13.8 Å². The van der Waals surface area contributed by atoms with E-state index in [1.165, 1.54) is 0 Å². The number of amides is 1. The summed E-state index contributed by atoms with van der Waals surface area (Å²) in [5.74, 6) is 0.509. The number of hydrogen-bond acceptors (Lipinski definition) is 5. The van der Waals surface area contributed by atoms with Crippen LogP contribution in [0.4, 0.5) is 0 Å². The second kappa shape index (κ2) is 5.64. The second-order valence-electron chi connectivity index (χ2n) is 5.42. The molecule has 0 fully saturated rings. The van der Waals surface area contributed by atoms with E-state index in [2.05, 4.69) is 20.2 Å². The van der Waals surface area contributed by atoms with Gasteiger partial charge in [0, 0.05) is 24.5 Å². The standard InChI is InChI=1S/C15H17N7O/c1-9-4-10(2)17-7-12(9)15-19-14(5-13(16)23)20-22(15)11-6-18-21(3)8-11/h4,6-8H,5H2,1-3H3,(H2,16,23). The first-order valence-electron chi connectivity index (χ1n) is 7.11. The van der Waals surface area contributed by atoms with E-state index < -0.39 is 5.91 Å². The molecule has 8 heteroatoms. The van der Waals surface area contributed by atoms with E-state index in [1.807, 2.05) is 33.2 Å². The third kappa shape index (κ3) is 2.96. The molecule has 0 radical (unpaired) electrons. The first-order valence-corrected chi connectivity index (χ1v) is 7.11. The number of aryl methyl sites for hydroxylation is 3. The molecule has 3 aromatic rings. The fourth-order valence-corrected chi connectivity index (χ4v) is 2.39. The summed E-state index contributed by atoms with van der Waals surface area (Å²) in [5, 5.41) is 8.55. The molecule has 0 bridgehead atoms. The minimum atomic E-state index is -0.473. The van der Waals surface area contributed by atoms with Gasteiger partial charge in [-0.1, -0.05) is 0 Å². The molecule has 0 aliphatic carbocycles. The topological polar surface area (TPSA) is 105 Å². The summed E-state index contributed by atoms with van der Waals surface area (Å²) in [6.07, 6.45) is 5.25. The quantitative estimate of drug-likeness (QED) is 0.764. The molecule has 23 heavy (non-hydrogen) atoms. The maximum Gasteiger partial charge on any atom is 0.225 e. The Morgan fingerprint density at radius 1 is 1.30 bits per heavy atom. The van der Waals surface area contributed by atoms with Crippen molar-refractivity contribution >= 4 is 5.91 Å². The summed E-state index contributed by atoms with van der Waals surface area (Å²) in [6.45, 7) is 3.92. The summed E-state index contributed by atoms with van der Waals surface area (Å²) < 4.78 is 3.33. The molecule has 0 atom stereocenters. The smallest absolute Gasteiger partial charge is 0.225 e. The van der Waals surface area contributed by atoms with Crippen LogP contribution in [0.2, 0.25) is 0 Å². The summed E-state index contributed by atoms with van der Waals surface area (Å²) in [4.78, 5) is 20.0. The van der Waals surface area contributed by atoms with Gasteiger partial charge in [-0.3, -0.25) is 14.5 Å². The molecule has 3 rings (SSSR count). The molecule has 0 aliphatic rings. The fourth-order valence-electron chi connectivity index (χ4n) is 2.39. The van der Waals surface area contributed by atoms with E-state index in [4.69, 9.17) is 5.73 Å². The number of hydrogen-bond donors (Lipinski definition) is 1. The Balaban J connectivity index is 2.17. The highest BCUT2D eigenvalue weighted by Crippen LogP contribution is 2.24. The molecular formula is C15H17N7O. The van der Waals surface area contributed by atoms with Gasteiger partial charge in [0.15, 0.2) is 11.6 Å². The molecule has 0 aliphatic heterocycles. The number of primary amides is 1. The summed E-state index contributed by atoms with van der Waals surface area (Å²) in [5.41, 5.74) is 8.82. The number of nitrogens with two attached hydrogens (primary N) is 1. The van der Waals surface area contributed by atoms with Gasteiger partial charge in [-0.25, -0.2) is 9.67 Å². The van der Waals surface area contributed by atoms with E-state index in [0.717, 1.165) is 22.5 Å². The van der Waals surface area contributed by atoms with E-state index >= 15 is 0 Å². The van der Waals surface area contributed by atoms with Crippen molar-refractivity contribution in [3.05, 3.63) is 41.7 Å². The lowest BCUT2D eigenvalue weighted by Crippen LogP contribution is -2.14. The normalized spacial score (nSPS) is 10.9. The Hall–Kier alpha value is -3.03. The van der Waals surface area contributed by atoms with Gasteiger partial charge in [0.1, 0.15) is 5.69 Å². The number of nitrogens with zero attached hydrogens (tertiary/aromatic N) is 6. The minimum absolute atomic E-state index is 0.0153. The summed E-state index contributed by atoms with van der Waals surface area (Å²) in [7, 11) is 1.82. The van der Waals surface area contributed by atoms with Gasteiger partial charge in [0.2, 0.25) is 5.91 Å². The molecule has 118 valence electrons. The fraction of sp³-hybridized carbons (Fsp3) is 0.267. The maximum atomic E-state index is 11.2. The number of rotatable bonds is 4. The zero-order chi connectivity index (χ0) is 16.6. The number of aromatic nitrogens is 6. The molecule has 0 saturated carbocycles. The molecule has 0 aromatic carbocycles. The van der Waals surface area contributed by atoms with Gasteiger partial charge in [-0.2, -0.15) is 10.2 Å². The summed E-state index contributed by atoms with van der Waals surface area (Å²) in [6, 6.07) is 1.98. The van der Waals surface area contributed by atoms with Crippen molar-refractivity contribution in [1.29, 1.82) is 0 Å². The van der Waals surface area contributed by atoms with Gasteiger partial charge in [-0.15, -0.1) is 0 Å². The van der Waals surface area contributed by atoms with Crippen LogP contribution in [0.3, 0.4) is 0 Å². The molecule has 0 spiro atoms. The van der Waals surface area contributed by atoms with Crippen molar-refractivity contribution < 1.29 is 4.79 Å². The average Bonchev–Trinajstić information content (AvgIpc) is 3.04. The largest absolute Gasteiger partial charge is 0.369 e. The monoisotopic (exact) mass is 311 g/mol. The molecule has 2 N–H and O–H groups in total. The molecule has 3 heterocycles. The van der Waals surface area contributed by atoms with Gasteiger partial charge in [-0.05, 0) is 25.5 Å².